The van der Waals surface area contributed by atoms with Crippen LogP contribution in [0.3, 0.4) is 0 Å². The highest BCUT2D eigenvalue weighted by Crippen LogP contribution is 2.35. The van der Waals surface area contributed by atoms with Gasteiger partial charge in [0.25, 0.3) is 5.69 Å². The number of nitro benzene ring substituents is 1. The van der Waals surface area contributed by atoms with Crippen molar-refractivity contribution in [3.05, 3.63) is 75.9 Å². The highest BCUT2D eigenvalue weighted by molar-refractivity contribution is 5.89. The lowest BCUT2D eigenvalue weighted by molar-refractivity contribution is -0.384. The van der Waals surface area contributed by atoms with Crippen LogP contribution >= 0.6 is 0 Å². The number of nitrogens with one attached hydrogen (secondary N) is 1. The molecule has 3 rings (SSSR count). The van der Waals surface area contributed by atoms with Gasteiger partial charge >= 0.3 is 5.97 Å². The van der Waals surface area contributed by atoms with Crippen LogP contribution in [0.4, 0.5) is 11.4 Å². The van der Waals surface area contributed by atoms with Crippen molar-refractivity contribution in [3.8, 4) is 5.75 Å². The van der Waals surface area contributed by atoms with Crippen molar-refractivity contribution in [2.24, 2.45) is 0 Å². The lowest BCUT2D eigenvalue weighted by Crippen LogP contribution is -2.31. The van der Waals surface area contributed by atoms with Gasteiger partial charge in [0, 0.05) is 29.5 Å². The second kappa shape index (κ2) is 7.07. The average Bonchev–Trinajstić information content (AvgIpc) is 2.60. The van der Waals surface area contributed by atoms with Crippen LogP contribution in [0.15, 0.2) is 54.6 Å². The maximum atomic E-state index is 12.1. The Hall–Kier alpha value is -3.41. The number of esters is 1. The van der Waals surface area contributed by atoms with Crippen LogP contribution in [0.25, 0.3) is 11.6 Å². The van der Waals surface area contributed by atoms with Gasteiger partial charge in [-0.1, -0.05) is 18.2 Å². The van der Waals surface area contributed by atoms with Crippen molar-refractivity contribution in [2.45, 2.75) is 26.3 Å². The van der Waals surface area contributed by atoms with E-state index >= 15 is 0 Å². The molecule has 1 aliphatic heterocycles. The summed E-state index contributed by atoms with van der Waals surface area (Å²) in [6.07, 6.45) is 4.87. The summed E-state index contributed by atoms with van der Waals surface area (Å²) in [5.41, 5.74) is 3.48. The number of nitrogens with zero attached hydrogens (tertiary/aromatic N) is 1. The Morgan fingerprint density at radius 2 is 2.00 bits per heavy atom. The van der Waals surface area contributed by atoms with E-state index in [1.165, 1.54) is 24.3 Å². The second-order valence-corrected chi connectivity index (χ2v) is 6.99. The van der Waals surface area contributed by atoms with Gasteiger partial charge in [-0.25, -0.2) is 4.79 Å². The molecule has 1 N–H and O–H groups in total. The summed E-state index contributed by atoms with van der Waals surface area (Å²) in [5, 5.41) is 14.2. The number of hydrogen-bond acceptors (Lipinski definition) is 5. The van der Waals surface area contributed by atoms with Gasteiger partial charge in [-0.2, -0.15) is 0 Å². The van der Waals surface area contributed by atoms with Gasteiger partial charge < -0.3 is 10.1 Å². The lowest BCUT2D eigenvalue weighted by atomic mass is 9.91. The molecule has 1 aliphatic rings. The zero-order valence-corrected chi connectivity index (χ0v) is 15.4. The fraction of sp³-hybridized carbons (Fsp3) is 0.190. The summed E-state index contributed by atoms with van der Waals surface area (Å²) in [6, 6.07) is 11.5. The van der Waals surface area contributed by atoms with Crippen LogP contribution in [0.5, 0.6) is 5.75 Å². The fourth-order valence-electron chi connectivity index (χ4n) is 3.08. The van der Waals surface area contributed by atoms with Gasteiger partial charge in [-0.15, -0.1) is 0 Å². The Balaban J connectivity index is 1.73. The number of ether oxygens (including phenoxy) is 1. The van der Waals surface area contributed by atoms with E-state index in [1.807, 2.05) is 19.1 Å². The van der Waals surface area contributed by atoms with Crippen molar-refractivity contribution >= 4 is 29.0 Å². The Morgan fingerprint density at radius 1 is 1.22 bits per heavy atom. The number of nitro groups is 1. The van der Waals surface area contributed by atoms with Crippen LogP contribution in [-0.4, -0.2) is 16.4 Å². The smallest absolute Gasteiger partial charge is 0.336 e. The number of allylic oxidation sites excluding steroid dienone is 1. The minimum Gasteiger partial charge on any atom is -0.423 e. The largest absolute Gasteiger partial charge is 0.423 e. The lowest BCUT2D eigenvalue weighted by Gasteiger charge is -2.31. The molecule has 0 fully saturated rings. The molecule has 0 amide bonds. The van der Waals surface area contributed by atoms with E-state index in [4.69, 9.17) is 4.74 Å². The Morgan fingerprint density at radius 3 is 2.74 bits per heavy atom. The molecule has 27 heavy (non-hydrogen) atoms. The molecule has 2 aromatic carbocycles. The summed E-state index contributed by atoms with van der Waals surface area (Å²) in [7, 11) is 0. The van der Waals surface area contributed by atoms with E-state index in [0.29, 0.717) is 11.3 Å². The SMILES string of the molecule is CC1=CC(C)(C)Nc2ccc(OC(=O)/C=C/c3cccc([N+](=O)[O-])c3)cc21. The summed E-state index contributed by atoms with van der Waals surface area (Å²) < 4.78 is 5.37. The number of fused-ring (bicyclic) bond motifs is 1. The zero-order valence-electron chi connectivity index (χ0n) is 15.4. The Bertz CT molecular complexity index is 974. The summed E-state index contributed by atoms with van der Waals surface area (Å²) in [5.74, 6) is -0.108. The standard InChI is InChI=1S/C21H20N2O4/c1-14-13-21(2,3)22-19-9-8-17(12-18(14)19)27-20(24)10-7-15-5-4-6-16(11-15)23(25)26/h4-13,22H,1-3H3/b10-7+. The van der Waals surface area contributed by atoms with Gasteiger partial charge in [-0.3, -0.25) is 10.1 Å². The predicted molar refractivity (Wildman–Crippen MR) is 106 cm³/mol. The maximum absolute atomic E-state index is 12.1. The van der Waals surface area contributed by atoms with Gasteiger partial charge in [0.2, 0.25) is 0 Å². The van der Waals surface area contributed by atoms with Gasteiger partial charge in [0.05, 0.1) is 10.5 Å². The first kappa shape index (κ1) is 18.4. The zero-order chi connectivity index (χ0) is 19.6. The number of rotatable bonds is 4. The van der Waals surface area contributed by atoms with Crippen molar-refractivity contribution < 1.29 is 14.5 Å². The number of anilines is 1. The molecule has 2 aromatic rings. The molecule has 6 heteroatoms. The molecule has 6 nitrogen and oxygen atoms in total. The maximum Gasteiger partial charge on any atom is 0.336 e. The highest BCUT2D eigenvalue weighted by Gasteiger charge is 2.22. The van der Waals surface area contributed by atoms with Crippen LogP contribution in [0.2, 0.25) is 0 Å². The number of carbonyl (C=O) groups is 1. The van der Waals surface area contributed by atoms with Crippen LogP contribution in [0.1, 0.15) is 31.9 Å². The third-order valence-electron chi connectivity index (χ3n) is 4.16. The van der Waals surface area contributed by atoms with E-state index in [-0.39, 0.29) is 11.2 Å². The third kappa shape index (κ3) is 4.41. The Kier molecular flexibility index (Phi) is 4.81. The summed E-state index contributed by atoms with van der Waals surface area (Å²) in [6.45, 7) is 6.20. The van der Waals surface area contributed by atoms with Crippen LogP contribution in [-0.2, 0) is 4.79 Å². The van der Waals surface area contributed by atoms with E-state index < -0.39 is 10.9 Å². The number of benzene rings is 2. The van der Waals surface area contributed by atoms with Crippen molar-refractivity contribution in [3.63, 3.8) is 0 Å². The minimum absolute atomic E-state index is 0.0297. The third-order valence-corrected chi connectivity index (χ3v) is 4.16. The number of carbonyl (C=O) groups excluding carboxylic acids is 1. The van der Waals surface area contributed by atoms with E-state index in [1.54, 1.807) is 18.2 Å². The van der Waals surface area contributed by atoms with Crippen molar-refractivity contribution in [1.29, 1.82) is 0 Å². The molecule has 0 saturated heterocycles. The molecule has 0 aliphatic carbocycles. The van der Waals surface area contributed by atoms with Gasteiger partial charge in [-0.05, 0) is 56.2 Å². The van der Waals surface area contributed by atoms with Gasteiger partial charge in [0.15, 0.2) is 0 Å². The first-order chi connectivity index (χ1) is 12.7. The average molecular weight is 364 g/mol. The summed E-state index contributed by atoms with van der Waals surface area (Å²) in [4.78, 5) is 22.4. The molecule has 0 radical (unpaired) electrons. The van der Waals surface area contributed by atoms with E-state index in [2.05, 4.69) is 25.2 Å². The molecule has 0 spiro atoms. The topological polar surface area (TPSA) is 81.5 Å². The highest BCUT2D eigenvalue weighted by atomic mass is 16.6. The van der Waals surface area contributed by atoms with Gasteiger partial charge in [0.1, 0.15) is 5.75 Å². The Labute approximate surface area is 157 Å². The normalized spacial score (nSPS) is 14.9. The first-order valence-corrected chi connectivity index (χ1v) is 8.50. The van der Waals surface area contributed by atoms with E-state index in [0.717, 1.165) is 16.8 Å². The van der Waals surface area contributed by atoms with Crippen LogP contribution in [0, 0.1) is 10.1 Å². The molecule has 1 heterocycles. The van der Waals surface area contributed by atoms with E-state index in [9.17, 15) is 14.9 Å². The molecule has 0 bridgehead atoms. The summed E-state index contributed by atoms with van der Waals surface area (Å²) >= 11 is 0. The van der Waals surface area contributed by atoms with Crippen LogP contribution < -0.4 is 10.1 Å². The molecule has 0 aromatic heterocycles. The fourth-order valence-corrected chi connectivity index (χ4v) is 3.08. The molecule has 0 atom stereocenters. The molecule has 138 valence electrons. The molecule has 0 unspecified atom stereocenters. The second-order valence-electron chi connectivity index (χ2n) is 6.99. The van der Waals surface area contributed by atoms with Crippen molar-refractivity contribution in [1.82, 2.24) is 0 Å². The quantitative estimate of drug-likeness (QED) is 0.276. The molecule has 0 saturated carbocycles. The molecular formula is C21H20N2O4. The monoisotopic (exact) mass is 364 g/mol. The number of non-ortho nitro benzene ring substituents is 1. The number of hydrogen-bond donors (Lipinski definition) is 1. The predicted octanol–water partition coefficient (Wildman–Crippen LogP) is 4.82. The molecular weight excluding hydrogens is 344 g/mol. The first-order valence-electron chi connectivity index (χ1n) is 8.50. The van der Waals surface area contributed by atoms with Crippen molar-refractivity contribution in [2.75, 3.05) is 5.32 Å². The minimum atomic E-state index is -0.549.